The Balaban J connectivity index is 1.57. The molecule has 34 heavy (non-hydrogen) atoms. The number of nitrogens with two attached hydrogens (primary N) is 1. The molecule has 1 unspecified atom stereocenters. The number of rotatable bonds is 10. The number of nitrogens with zero attached hydrogens (tertiary/aromatic N) is 3. The number of benzene rings is 1. The van der Waals surface area contributed by atoms with Gasteiger partial charge in [0.1, 0.15) is 12.4 Å². The highest BCUT2D eigenvalue weighted by atomic mass is 19.4. The number of carbonyl (C=O) groups is 1. The van der Waals surface area contributed by atoms with E-state index in [0.29, 0.717) is 61.1 Å². The lowest BCUT2D eigenvalue weighted by atomic mass is 9.86. The molecule has 7 nitrogen and oxygen atoms in total. The van der Waals surface area contributed by atoms with E-state index in [9.17, 15) is 18.0 Å². The molecule has 2 aromatic rings. The smallest absolute Gasteiger partial charge is 0.391 e. The molecule has 1 atom stereocenters. The second-order valence-corrected chi connectivity index (χ2v) is 8.34. The monoisotopic (exact) mass is 478 g/mol. The summed E-state index contributed by atoms with van der Waals surface area (Å²) in [6.07, 6.45) is 2.33. The normalized spacial score (nSPS) is 16.3. The van der Waals surface area contributed by atoms with Gasteiger partial charge in [-0.05, 0) is 49.3 Å². The number of hydrogen-bond acceptors (Lipinski definition) is 6. The highest BCUT2D eigenvalue weighted by molar-refractivity contribution is 5.99. The maximum absolute atomic E-state index is 12.7. The topological polar surface area (TPSA) is 99.7 Å². The van der Waals surface area contributed by atoms with E-state index < -0.39 is 11.7 Å². The summed E-state index contributed by atoms with van der Waals surface area (Å²) in [6.45, 7) is 3.35. The van der Waals surface area contributed by atoms with Crippen molar-refractivity contribution in [2.75, 3.05) is 13.2 Å². The van der Waals surface area contributed by atoms with Crippen molar-refractivity contribution in [3.05, 3.63) is 59.2 Å². The predicted octanol–water partition coefficient (Wildman–Crippen LogP) is 4.29. The summed E-state index contributed by atoms with van der Waals surface area (Å²) in [4.78, 5) is 26.0. The van der Waals surface area contributed by atoms with Gasteiger partial charge in [0, 0.05) is 43.5 Å². The number of primary amides is 1. The summed E-state index contributed by atoms with van der Waals surface area (Å²) < 4.78 is 43.4. The predicted molar refractivity (Wildman–Crippen MR) is 120 cm³/mol. The number of aromatic nitrogens is 2. The van der Waals surface area contributed by atoms with E-state index in [1.165, 1.54) is 12.1 Å². The van der Waals surface area contributed by atoms with Crippen LogP contribution in [0.4, 0.5) is 13.2 Å². The van der Waals surface area contributed by atoms with Gasteiger partial charge in [0.25, 0.3) is 0 Å². The molecule has 1 aromatic carbocycles. The summed E-state index contributed by atoms with van der Waals surface area (Å²) in [5, 5.41) is 4.10. The van der Waals surface area contributed by atoms with Crippen molar-refractivity contribution in [2.24, 2.45) is 22.7 Å². The number of hydrogen-bond donors (Lipinski definition) is 1. The molecule has 1 saturated heterocycles. The van der Waals surface area contributed by atoms with Gasteiger partial charge < -0.3 is 15.3 Å². The second kappa shape index (κ2) is 11.9. The fourth-order valence-corrected chi connectivity index (χ4v) is 3.81. The van der Waals surface area contributed by atoms with E-state index >= 15 is 0 Å². The maximum atomic E-state index is 12.7. The van der Waals surface area contributed by atoms with Gasteiger partial charge in [-0.25, -0.2) is 9.97 Å². The largest absolute Gasteiger partial charge is 0.416 e. The molecule has 1 fully saturated rings. The number of carbonyl (C=O) groups excluding carboxylic acids is 1. The van der Waals surface area contributed by atoms with Gasteiger partial charge in [-0.1, -0.05) is 24.2 Å². The van der Waals surface area contributed by atoms with Gasteiger partial charge >= 0.3 is 6.18 Å². The highest BCUT2D eigenvalue weighted by Gasteiger charge is 2.30. The Bertz CT molecular complexity index is 957. The molecule has 1 amide bonds. The Morgan fingerprint density at radius 1 is 1.21 bits per heavy atom. The minimum Gasteiger partial charge on any atom is -0.391 e. The van der Waals surface area contributed by atoms with Crippen molar-refractivity contribution in [1.29, 1.82) is 0 Å². The zero-order valence-corrected chi connectivity index (χ0v) is 19.1. The zero-order chi connectivity index (χ0) is 24.6. The van der Waals surface area contributed by atoms with Crippen LogP contribution in [0.5, 0.6) is 0 Å². The van der Waals surface area contributed by atoms with Crippen LogP contribution in [0.25, 0.3) is 0 Å². The van der Waals surface area contributed by atoms with Crippen LogP contribution in [-0.4, -0.2) is 34.8 Å². The third kappa shape index (κ3) is 7.51. The Morgan fingerprint density at radius 2 is 1.85 bits per heavy atom. The minimum atomic E-state index is -4.37. The van der Waals surface area contributed by atoms with Crippen LogP contribution >= 0.6 is 0 Å². The van der Waals surface area contributed by atoms with Crippen LogP contribution < -0.4 is 5.73 Å². The first-order valence-corrected chi connectivity index (χ1v) is 11.3. The molecule has 3 rings (SSSR count). The highest BCUT2D eigenvalue weighted by Crippen LogP contribution is 2.29. The van der Waals surface area contributed by atoms with Crippen LogP contribution in [0.1, 0.15) is 55.1 Å². The molecule has 0 saturated carbocycles. The first-order valence-electron chi connectivity index (χ1n) is 11.3. The van der Waals surface area contributed by atoms with Crippen molar-refractivity contribution in [3.63, 3.8) is 0 Å². The molecule has 1 aromatic heterocycles. The van der Waals surface area contributed by atoms with Gasteiger partial charge in [0.05, 0.1) is 11.3 Å². The number of alkyl halides is 3. The molecular weight excluding hydrogens is 449 g/mol. The molecule has 0 aliphatic carbocycles. The Kier molecular flexibility index (Phi) is 8.98. The van der Waals surface area contributed by atoms with E-state index in [-0.39, 0.29) is 18.4 Å². The van der Waals surface area contributed by atoms with Crippen molar-refractivity contribution >= 4 is 11.6 Å². The quantitative estimate of drug-likeness (QED) is 0.406. The Hall–Kier alpha value is -3.01. The molecule has 0 radical (unpaired) electrons. The average molecular weight is 479 g/mol. The molecule has 1 aliphatic rings. The average Bonchev–Trinajstić information content (AvgIpc) is 2.82. The van der Waals surface area contributed by atoms with E-state index in [1.807, 2.05) is 6.92 Å². The summed E-state index contributed by atoms with van der Waals surface area (Å²) >= 11 is 0. The fraction of sp³-hybridized carbons (Fsp3) is 0.500. The van der Waals surface area contributed by atoms with Crippen molar-refractivity contribution < 1.29 is 27.5 Å². The molecule has 184 valence electrons. The lowest BCUT2D eigenvalue weighted by Crippen LogP contribution is -2.29. The number of ether oxygens (including phenoxy) is 1. The van der Waals surface area contributed by atoms with Crippen molar-refractivity contribution in [3.8, 4) is 0 Å². The van der Waals surface area contributed by atoms with Crippen molar-refractivity contribution in [2.45, 2.75) is 51.8 Å². The first kappa shape index (κ1) is 25.6. The fourth-order valence-electron chi connectivity index (χ4n) is 3.81. The second-order valence-electron chi connectivity index (χ2n) is 8.34. The zero-order valence-electron chi connectivity index (χ0n) is 19.1. The van der Waals surface area contributed by atoms with Crippen LogP contribution in [0.3, 0.4) is 0 Å². The lowest BCUT2D eigenvalue weighted by Gasteiger charge is -2.25. The van der Waals surface area contributed by atoms with Crippen LogP contribution in [0, 0.1) is 11.8 Å². The molecule has 1 aliphatic heterocycles. The summed E-state index contributed by atoms with van der Waals surface area (Å²) in [5.41, 5.74) is 6.75. The number of oxime groups is 1. The number of amides is 1. The van der Waals surface area contributed by atoms with Gasteiger partial charge in [0.15, 0.2) is 0 Å². The summed E-state index contributed by atoms with van der Waals surface area (Å²) in [6, 6.07) is 4.74. The molecule has 0 bridgehead atoms. The standard InChI is InChI=1S/C24H29F3N4O3/c1-2-21(31-34-15-17-3-5-20(6-4-17)24(25,26)27)19-13-29-22(30-14-19)12-18(23(28)32)11-16-7-9-33-10-8-16/h3-6,13-14,16,18H,2,7-12,15H2,1H3,(H2,28,32)/b31-21+. The number of halogens is 3. The Morgan fingerprint density at radius 3 is 2.41 bits per heavy atom. The van der Waals surface area contributed by atoms with Gasteiger partial charge in [0.2, 0.25) is 5.91 Å². The van der Waals surface area contributed by atoms with Crippen LogP contribution in [0.15, 0.2) is 41.8 Å². The SMILES string of the molecule is CC/C(=N\OCc1ccc(C(F)(F)F)cc1)c1cnc(CC(CC2CCOCC2)C(N)=O)nc1. The molecule has 10 heteroatoms. The lowest BCUT2D eigenvalue weighted by molar-refractivity contribution is -0.137. The van der Waals surface area contributed by atoms with Gasteiger partial charge in [-0.15, -0.1) is 0 Å². The van der Waals surface area contributed by atoms with Gasteiger partial charge in [-0.2, -0.15) is 13.2 Å². The maximum Gasteiger partial charge on any atom is 0.416 e. The molecule has 2 N–H and O–H groups in total. The van der Waals surface area contributed by atoms with E-state index in [2.05, 4.69) is 15.1 Å². The summed E-state index contributed by atoms with van der Waals surface area (Å²) in [7, 11) is 0. The molecule has 2 heterocycles. The Labute approximate surface area is 196 Å². The van der Waals surface area contributed by atoms with E-state index in [0.717, 1.165) is 25.0 Å². The first-order chi connectivity index (χ1) is 16.3. The third-order valence-electron chi connectivity index (χ3n) is 5.85. The van der Waals surface area contributed by atoms with E-state index in [4.69, 9.17) is 15.3 Å². The molecular formula is C24H29F3N4O3. The van der Waals surface area contributed by atoms with Crippen molar-refractivity contribution in [1.82, 2.24) is 9.97 Å². The molecule has 0 spiro atoms. The summed E-state index contributed by atoms with van der Waals surface area (Å²) in [5.74, 6) is 0.249. The third-order valence-corrected chi connectivity index (χ3v) is 5.85. The van der Waals surface area contributed by atoms with Gasteiger partial charge in [-0.3, -0.25) is 4.79 Å². The minimum absolute atomic E-state index is 0.0348. The van der Waals surface area contributed by atoms with Crippen LogP contribution in [-0.2, 0) is 33.6 Å². The van der Waals surface area contributed by atoms with Crippen LogP contribution in [0.2, 0.25) is 0 Å². The van der Waals surface area contributed by atoms with E-state index in [1.54, 1.807) is 12.4 Å².